The second-order valence-corrected chi connectivity index (χ2v) is 8.09. The van der Waals surface area contributed by atoms with Gasteiger partial charge < -0.3 is 9.80 Å². The van der Waals surface area contributed by atoms with Crippen LogP contribution >= 0.6 is 15.9 Å². The predicted molar refractivity (Wildman–Crippen MR) is 115 cm³/mol. The number of hydrogen-bond donors (Lipinski definition) is 1. The summed E-state index contributed by atoms with van der Waals surface area (Å²) in [5.41, 5.74) is 2.77. The van der Waals surface area contributed by atoms with E-state index in [2.05, 4.69) is 31.0 Å². The molecule has 0 atom stereocenters. The first-order chi connectivity index (χ1) is 14.1. The van der Waals surface area contributed by atoms with Crippen molar-refractivity contribution in [3.63, 3.8) is 0 Å². The number of H-pyrrole nitrogens is 1. The molecule has 2 heterocycles. The van der Waals surface area contributed by atoms with Crippen molar-refractivity contribution in [2.24, 2.45) is 0 Å². The molecule has 1 aliphatic rings. The lowest BCUT2D eigenvalue weighted by molar-refractivity contribution is -0.130. The molecule has 7 heteroatoms. The average Bonchev–Trinajstić information content (AvgIpc) is 3.08. The first-order valence-corrected chi connectivity index (χ1v) is 10.5. The van der Waals surface area contributed by atoms with Crippen LogP contribution < -0.4 is 4.90 Å². The summed E-state index contributed by atoms with van der Waals surface area (Å²) in [6, 6.07) is 16.2. The van der Waals surface area contributed by atoms with Gasteiger partial charge in [0.2, 0.25) is 5.91 Å². The summed E-state index contributed by atoms with van der Waals surface area (Å²) in [4.78, 5) is 16.8. The van der Waals surface area contributed by atoms with E-state index in [1.165, 1.54) is 12.1 Å². The summed E-state index contributed by atoms with van der Waals surface area (Å²) >= 11 is 3.42. The van der Waals surface area contributed by atoms with Crippen molar-refractivity contribution < 1.29 is 9.18 Å². The molecule has 1 saturated heterocycles. The van der Waals surface area contributed by atoms with Gasteiger partial charge in [0.1, 0.15) is 5.82 Å². The number of nitrogens with one attached hydrogen (secondary N) is 1. The van der Waals surface area contributed by atoms with E-state index in [-0.39, 0.29) is 11.7 Å². The van der Waals surface area contributed by atoms with Crippen LogP contribution in [0.1, 0.15) is 12.0 Å². The Kier molecular flexibility index (Phi) is 5.94. The molecule has 29 heavy (non-hydrogen) atoms. The number of aromatic amines is 1. The molecular weight excluding hydrogens is 435 g/mol. The summed E-state index contributed by atoms with van der Waals surface area (Å²) in [6.45, 7) is 3.00. The van der Waals surface area contributed by atoms with Gasteiger partial charge in [0.05, 0.1) is 12.1 Å². The number of carbonyl (C=O) groups is 1. The molecular formula is C22H22BrFN4O. The minimum atomic E-state index is -0.256. The van der Waals surface area contributed by atoms with E-state index in [1.807, 2.05) is 35.2 Å². The van der Waals surface area contributed by atoms with Gasteiger partial charge in [0, 0.05) is 36.7 Å². The van der Waals surface area contributed by atoms with Gasteiger partial charge in [0.25, 0.3) is 0 Å². The molecule has 0 radical (unpaired) electrons. The summed E-state index contributed by atoms with van der Waals surface area (Å²) < 4.78 is 14.1. The van der Waals surface area contributed by atoms with Crippen LogP contribution in [0.4, 0.5) is 10.2 Å². The molecule has 150 valence electrons. The van der Waals surface area contributed by atoms with Crippen molar-refractivity contribution >= 4 is 27.7 Å². The minimum Gasteiger partial charge on any atom is -0.353 e. The quantitative estimate of drug-likeness (QED) is 0.637. The fourth-order valence-corrected chi connectivity index (χ4v) is 3.80. The van der Waals surface area contributed by atoms with Gasteiger partial charge in [-0.3, -0.25) is 9.89 Å². The molecule has 0 aliphatic carbocycles. The van der Waals surface area contributed by atoms with Crippen LogP contribution in [-0.4, -0.2) is 47.2 Å². The molecule has 1 amide bonds. The van der Waals surface area contributed by atoms with Gasteiger partial charge in [0.15, 0.2) is 5.82 Å². The zero-order chi connectivity index (χ0) is 20.2. The third-order valence-corrected chi connectivity index (χ3v) is 5.69. The number of amides is 1. The van der Waals surface area contributed by atoms with Gasteiger partial charge >= 0.3 is 0 Å². The zero-order valence-corrected chi connectivity index (χ0v) is 17.5. The summed E-state index contributed by atoms with van der Waals surface area (Å²) in [5, 5.41) is 7.46. The van der Waals surface area contributed by atoms with Crippen molar-refractivity contribution in [1.29, 1.82) is 0 Å². The Bertz CT molecular complexity index is 971. The molecule has 1 fully saturated rings. The lowest BCUT2D eigenvalue weighted by atomic mass is 10.1. The Morgan fingerprint density at radius 2 is 1.79 bits per heavy atom. The molecule has 1 N–H and O–H groups in total. The Morgan fingerprint density at radius 1 is 1.03 bits per heavy atom. The maximum absolute atomic E-state index is 13.1. The number of hydrogen-bond acceptors (Lipinski definition) is 3. The van der Waals surface area contributed by atoms with Crippen LogP contribution in [0, 0.1) is 5.82 Å². The number of anilines is 1. The van der Waals surface area contributed by atoms with Gasteiger partial charge in [-0.25, -0.2) is 4.39 Å². The van der Waals surface area contributed by atoms with Gasteiger partial charge in [-0.2, -0.15) is 5.10 Å². The fraction of sp³-hybridized carbons (Fsp3) is 0.273. The van der Waals surface area contributed by atoms with Crippen LogP contribution in [0.2, 0.25) is 0 Å². The van der Waals surface area contributed by atoms with Crippen LogP contribution in [0.15, 0.2) is 59.1 Å². The van der Waals surface area contributed by atoms with Crippen LogP contribution in [0.25, 0.3) is 11.3 Å². The SMILES string of the molecule is O=C(Cc1ccc(Br)cc1)N1CCCN(c2cc(-c3ccc(F)cc3)[nH]n2)CC1. The van der Waals surface area contributed by atoms with Crippen molar-refractivity contribution in [2.75, 3.05) is 31.1 Å². The molecule has 5 nitrogen and oxygen atoms in total. The van der Waals surface area contributed by atoms with E-state index in [0.29, 0.717) is 13.0 Å². The lowest BCUT2D eigenvalue weighted by Gasteiger charge is -2.22. The Labute approximate surface area is 177 Å². The Hall–Kier alpha value is -2.67. The van der Waals surface area contributed by atoms with E-state index < -0.39 is 0 Å². The predicted octanol–water partition coefficient (Wildman–Crippen LogP) is 4.26. The van der Waals surface area contributed by atoms with E-state index in [0.717, 1.165) is 53.2 Å². The normalized spacial score (nSPS) is 14.7. The average molecular weight is 457 g/mol. The van der Waals surface area contributed by atoms with E-state index in [4.69, 9.17) is 0 Å². The smallest absolute Gasteiger partial charge is 0.227 e. The fourth-order valence-electron chi connectivity index (χ4n) is 3.54. The Morgan fingerprint density at radius 3 is 2.55 bits per heavy atom. The summed E-state index contributed by atoms with van der Waals surface area (Å²) in [7, 11) is 0. The van der Waals surface area contributed by atoms with Gasteiger partial charge in [-0.15, -0.1) is 0 Å². The highest BCUT2D eigenvalue weighted by Crippen LogP contribution is 2.23. The van der Waals surface area contributed by atoms with Crippen molar-refractivity contribution in [3.8, 4) is 11.3 Å². The lowest BCUT2D eigenvalue weighted by Crippen LogP contribution is -2.36. The second kappa shape index (κ2) is 8.78. The standard InChI is InChI=1S/C22H22BrFN4O/c23-18-6-2-16(3-7-18)14-22(29)28-11-1-10-27(12-13-28)21-15-20(25-26-21)17-4-8-19(24)9-5-17/h2-9,15H,1,10-14H2,(H,25,26). The zero-order valence-electron chi connectivity index (χ0n) is 15.9. The highest BCUT2D eigenvalue weighted by Gasteiger charge is 2.21. The van der Waals surface area contributed by atoms with E-state index in [9.17, 15) is 9.18 Å². The maximum atomic E-state index is 13.1. The first-order valence-electron chi connectivity index (χ1n) is 9.67. The minimum absolute atomic E-state index is 0.156. The molecule has 0 spiro atoms. The second-order valence-electron chi connectivity index (χ2n) is 7.17. The van der Waals surface area contributed by atoms with Crippen molar-refractivity contribution in [1.82, 2.24) is 15.1 Å². The number of aromatic nitrogens is 2. The third kappa shape index (κ3) is 4.85. The summed E-state index contributed by atoms with van der Waals surface area (Å²) in [6.07, 6.45) is 1.31. The molecule has 4 rings (SSSR count). The topological polar surface area (TPSA) is 52.2 Å². The number of benzene rings is 2. The number of carbonyl (C=O) groups excluding carboxylic acids is 1. The molecule has 1 aromatic heterocycles. The number of halogens is 2. The highest BCUT2D eigenvalue weighted by atomic mass is 79.9. The van der Waals surface area contributed by atoms with Gasteiger partial charge in [-0.1, -0.05) is 28.1 Å². The molecule has 0 saturated carbocycles. The molecule has 3 aromatic rings. The van der Waals surface area contributed by atoms with Gasteiger partial charge in [-0.05, 0) is 53.9 Å². The van der Waals surface area contributed by atoms with Crippen LogP contribution in [0.5, 0.6) is 0 Å². The van der Waals surface area contributed by atoms with Crippen molar-refractivity contribution in [3.05, 3.63) is 70.5 Å². The third-order valence-electron chi connectivity index (χ3n) is 5.16. The maximum Gasteiger partial charge on any atom is 0.227 e. The monoisotopic (exact) mass is 456 g/mol. The number of nitrogens with zero attached hydrogens (tertiary/aromatic N) is 3. The largest absolute Gasteiger partial charge is 0.353 e. The molecule has 2 aromatic carbocycles. The number of rotatable bonds is 4. The Balaban J connectivity index is 1.38. The molecule has 1 aliphatic heterocycles. The van der Waals surface area contributed by atoms with E-state index >= 15 is 0 Å². The van der Waals surface area contributed by atoms with Crippen LogP contribution in [0.3, 0.4) is 0 Å². The molecule has 0 bridgehead atoms. The molecule has 0 unspecified atom stereocenters. The van der Waals surface area contributed by atoms with Crippen LogP contribution in [-0.2, 0) is 11.2 Å². The highest BCUT2D eigenvalue weighted by molar-refractivity contribution is 9.10. The van der Waals surface area contributed by atoms with Crippen molar-refractivity contribution in [2.45, 2.75) is 12.8 Å². The van der Waals surface area contributed by atoms with E-state index in [1.54, 1.807) is 12.1 Å². The first kappa shape index (κ1) is 19.6. The summed E-state index contributed by atoms with van der Waals surface area (Å²) in [5.74, 6) is 0.753.